The fourth-order valence-corrected chi connectivity index (χ4v) is 1.67. The van der Waals surface area contributed by atoms with E-state index in [9.17, 15) is 9.59 Å². The molecule has 0 saturated heterocycles. The van der Waals surface area contributed by atoms with Gasteiger partial charge in [-0.3, -0.25) is 14.8 Å². The van der Waals surface area contributed by atoms with E-state index in [2.05, 4.69) is 5.32 Å². The van der Waals surface area contributed by atoms with Gasteiger partial charge in [-0.25, -0.2) is 5.48 Å². The Hall–Kier alpha value is -2.86. The van der Waals surface area contributed by atoms with Gasteiger partial charge in [-0.2, -0.15) is 0 Å². The molecule has 0 aromatic heterocycles. The molecule has 0 bridgehead atoms. The number of para-hydroxylation sites is 1. The summed E-state index contributed by atoms with van der Waals surface area (Å²) in [7, 11) is 0. The molecule has 0 unspecified atom stereocenters. The number of carbonyl (C=O) groups excluding carboxylic acids is 2. The van der Waals surface area contributed by atoms with Crippen molar-refractivity contribution in [1.29, 1.82) is 0 Å². The zero-order chi connectivity index (χ0) is 15.1. The topological polar surface area (TPSA) is 87.7 Å². The third kappa shape index (κ3) is 4.32. The first-order valence-electron chi connectivity index (χ1n) is 6.21. The Morgan fingerprint density at radius 1 is 1.05 bits per heavy atom. The Morgan fingerprint density at radius 3 is 2.52 bits per heavy atom. The number of amides is 2. The van der Waals surface area contributed by atoms with Crippen molar-refractivity contribution in [2.24, 2.45) is 0 Å². The number of ether oxygens (including phenoxy) is 1. The summed E-state index contributed by atoms with van der Waals surface area (Å²) in [6.45, 7) is -0.138. The fraction of sp³-hybridized carbons (Fsp3) is 0.0667. The summed E-state index contributed by atoms with van der Waals surface area (Å²) in [4.78, 5) is 23.0. The van der Waals surface area contributed by atoms with Crippen LogP contribution in [0.15, 0.2) is 54.6 Å². The predicted molar refractivity (Wildman–Crippen MR) is 76.3 cm³/mol. The third-order valence-corrected chi connectivity index (χ3v) is 2.62. The van der Waals surface area contributed by atoms with Crippen molar-refractivity contribution < 1.29 is 19.5 Å². The van der Waals surface area contributed by atoms with Crippen LogP contribution in [0.2, 0.25) is 0 Å². The van der Waals surface area contributed by atoms with E-state index in [-0.39, 0.29) is 18.1 Å². The Balaban J connectivity index is 1.92. The molecule has 0 aliphatic rings. The summed E-state index contributed by atoms with van der Waals surface area (Å²) in [6, 6.07) is 15.2. The molecule has 6 nitrogen and oxygen atoms in total. The first-order chi connectivity index (χ1) is 10.2. The van der Waals surface area contributed by atoms with Gasteiger partial charge in [0, 0.05) is 11.3 Å². The monoisotopic (exact) mass is 286 g/mol. The smallest absolute Gasteiger partial charge is 0.274 e. The highest BCUT2D eigenvalue weighted by molar-refractivity contribution is 5.96. The molecule has 2 amide bonds. The number of hydrogen-bond acceptors (Lipinski definition) is 4. The van der Waals surface area contributed by atoms with Gasteiger partial charge in [0.15, 0.2) is 6.61 Å². The minimum atomic E-state index is -0.647. The molecule has 2 rings (SSSR count). The lowest BCUT2D eigenvalue weighted by Crippen LogP contribution is -2.21. The van der Waals surface area contributed by atoms with Crippen LogP contribution in [0.1, 0.15) is 10.4 Å². The Labute approximate surface area is 121 Å². The summed E-state index contributed by atoms with van der Waals surface area (Å²) in [5.41, 5.74) is 2.21. The minimum absolute atomic E-state index is 0.138. The molecule has 6 heteroatoms. The van der Waals surface area contributed by atoms with Gasteiger partial charge in [0.05, 0.1) is 0 Å². The highest BCUT2D eigenvalue weighted by Gasteiger charge is 2.07. The van der Waals surface area contributed by atoms with Crippen molar-refractivity contribution in [3.05, 3.63) is 60.2 Å². The van der Waals surface area contributed by atoms with Crippen LogP contribution in [0.25, 0.3) is 0 Å². The number of carbonyl (C=O) groups is 2. The second kappa shape index (κ2) is 7.06. The zero-order valence-corrected chi connectivity index (χ0v) is 11.1. The largest absolute Gasteiger partial charge is 0.484 e. The molecule has 2 aromatic carbocycles. The lowest BCUT2D eigenvalue weighted by atomic mass is 10.2. The summed E-state index contributed by atoms with van der Waals surface area (Å²) >= 11 is 0. The molecule has 0 spiro atoms. The first kappa shape index (κ1) is 14.5. The van der Waals surface area contributed by atoms with E-state index >= 15 is 0 Å². The molecule has 0 aliphatic carbocycles. The molecule has 0 aliphatic heterocycles. The Morgan fingerprint density at radius 2 is 1.81 bits per heavy atom. The summed E-state index contributed by atoms with van der Waals surface area (Å²) in [5, 5.41) is 11.2. The maximum absolute atomic E-state index is 11.8. The van der Waals surface area contributed by atoms with Crippen LogP contribution in [-0.4, -0.2) is 23.6 Å². The van der Waals surface area contributed by atoms with E-state index in [0.717, 1.165) is 0 Å². The van der Waals surface area contributed by atoms with Crippen molar-refractivity contribution >= 4 is 17.5 Å². The summed E-state index contributed by atoms with van der Waals surface area (Å²) < 4.78 is 5.31. The molecule has 0 saturated carbocycles. The van der Waals surface area contributed by atoms with E-state index < -0.39 is 5.91 Å². The molecule has 0 heterocycles. The van der Waals surface area contributed by atoms with Crippen LogP contribution in [0, 0.1) is 0 Å². The second-order valence-electron chi connectivity index (χ2n) is 4.17. The SMILES string of the molecule is O=C(COc1ccccc1)Nc1cccc(C(=O)NO)c1. The van der Waals surface area contributed by atoms with E-state index in [0.29, 0.717) is 11.4 Å². The molecule has 3 N–H and O–H groups in total. The third-order valence-electron chi connectivity index (χ3n) is 2.62. The Kier molecular flexibility index (Phi) is 4.89. The quantitative estimate of drug-likeness (QED) is 0.578. The maximum Gasteiger partial charge on any atom is 0.274 e. The van der Waals surface area contributed by atoms with Crippen LogP contribution in [0.4, 0.5) is 5.69 Å². The first-order valence-corrected chi connectivity index (χ1v) is 6.21. The van der Waals surface area contributed by atoms with Gasteiger partial charge in [0.25, 0.3) is 11.8 Å². The lowest BCUT2D eigenvalue weighted by molar-refractivity contribution is -0.118. The van der Waals surface area contributed by atoms with Gasteiger partial charge in [0.2, 0.25) is 0 Å². The van der Waals surface area contributed by atoms with Crippen molar-refractivity contribution in [2.45, 2.75) is 0 Å². The van der Waals surface area contributed by atoms with Crippen molar-refractivity contribution in [3.8, 4) is 5.75 Å². The predicted octanol–water partition coefficient (Wildman–Crippen LogP) is 1.82. The molecular formula is C15H14N2O4. The van der Waals surface area contributed by atoms with Crippen molar-refractivity contribution in [3.63, 3.8) is 0 Å². The summed E-state index contributed by atoms with van der Waals surface area (Å²) in [5.74, 6) is -0.395. The number of benzene rings is 2. The average molecular weight is 286 g/mol. The number of anilines is 1. The molecular weight excluding hydrogens is 272 g/mol. The van der Waals surface area contributed by atoms with Gasteiger partial charge >= 0.3 is 0 Å². The minimum Gasteiger partial charge on any atom is -0.484 e. The van der Waals surface area contributed by atoms with Crippen LogP contribution >= 0.6 is 0 Å². The Bertz CT molecular complexity index is 629. The fourth-order valence-electron chi connectivity index (χ4n) is 1.67. The maximum atomic E-state index is 11.8. The molecule has 2 aromatic rings. The average Bonchev–Trinajstić information content (AvgIpc) is 2.53. The van der Waals surface area contributed by atoms with E-state index in [1.807, 2.05) is 18.2 Å². The standard InChI is InChI=1S/C15H14N2O4/c18-14(10-21-13-7-2-1-3-8-13)16-12-6-4-5-11(9-12)15(19)17-20/h1-9,20H,10H2,(H,16,18)(H,17,19). The number of hydroxylamine groups is 1. The van der Waals surface area contributed by atoms with E-state index in [1.165, 1.54) is 17.6 Å². The zero-order valence-electron chi connectivity index (χ0n) is 11.1. The highest BCUT2D eigenvalue weighted by atomic mass is 16.5. The normalized spacial score (nSPS) is 9.76. The number of nitrogens with one attached hydrogen (secondary N) is 2. The van der Waals surface area contributed by atoms with Crippen LogP contribution in [0.3, 0.4) is 0 Å². The molecule has 21 heavy (non-hydrogen) atoms. The number of rotatable bonds is 5. The van der Waals surface area contributed by atoms with Crippen molar-refractivity contribution in [2.75, 3.05) is 11.9 Å². The highest BCUT2D eigenvalue weighted by Crippen LogP contribution is 2.11. The van der Waals surface area contributed by atoms with Gasteiger partial charge < -0.3 is 10.1 Å². The van der Waals surface area contributed by atoms with Gasteiger partial charge in [-0.15, -0.1) is 0 Å². The molecule has 0 fully saturated rings. The van der Waals surface area contributed by atoms with Crippen LogP contribution in [-0.2, 0) is 4.79 Å². The second-order valence-corrected chi connectivity index (χ2v) is 4.17. The van der Waals surface area contributed by atoms with Crippen LogP contribution in [0.5, 0.6) is 5.75 Å². The molecule has 108 valence electrons. The summed E-state index contributed by atoms with van der Waals surface area (Å²) in [6.07, 6.45) is 0. The van der Waals surface area contributed by atoms with E-state index in [1.54, 1.807) is 24.3 Å². The van der Waals surface area contributed by atoms with Crippen molar-refractivity contribution in [1.82, 2.24) is 5.48 Å². The molecule has 0 atom stereocenters. The van der Waals surface area contributed by atoms with Crippen LogP contribution < -0.4 is 15.5 Å². The van der Waals surface area contributed by atoms with E-state index in [4.69, 9.17) is 9.94 Å². The van der Waals surface area contributed by atoms with Gasteiger partial charge in [0.1, 0.15) is 5.75 Å². The molecule has 0 radical (unpaired) electrons. The van der Waals surface area contributed by atoms with Gasteiger partial charge in [-0.1, -0.05) is 24.3 Å². The van der Waals surface area contributed by atoms with Gasteiger partial charge in [-0.05, 0) is 30.3 Å². The lowest BCUT2D eigenvalue weighted by Gasteiger charge is -2.08. The number of hydrogen-bond donors (Lipinski definition) is 3.